The lowest BCUT2D eigenvalue weighted by atomic mass is 10.3. The molecule has 0 spiro atoms. The van der Waals surface area contributed by atoms with E-state index in [0.717, 1.165) is 0 Å². The first-order valence-electron chi connectivity index (χ1n) is 6.89. The van der Waals surface area contributed by atoms with Gasteiger partial charge in [0.15, 0.2) is 0 Å². The molecule has 0 bridgehead atoms. The van der Waals surface area contributed by atoms with Crippen LogP contribution >= 0.6 is 23.2 Å². The molecule has 0 saturated heterocycles. The summed E-state index contributed by atoms with van der Waals surface area (Å²) >= 11 is 11.9. The normalized spacial score (nSPS) is 10.4. The van der Waals surface area contributed by atoms with Crippen molar-refractivity contribution in [3.63, 3.8) is 0 Å². The predicted molar refractivity (Wildman–Crippen MR) is 91.8 cm³/mol. The molecule has 1 aromatic heterocycles. The summed E-state index contributed by atoms with van der Waals surface area (Å²) < 4.78 is 6.52. The van der Waals surface area contributed by atoms with Gasteiger partial charge in [0, 0.05) is 25.3 Å². The molecule has 0 radical (unpaired) electrons. The first-order valence-corrected chi connectivity index (χ1v) is 7.65. The molecule has 9 heteroatoms. The zero-order valence-electron chi connectivity index (χ0n) is 13.3. The van der Waals surface area contributed by atoms with E-state index in [0.29, 0.717) is 15.7 Å². The zero-order valence-corrected chi connectivity index (χ0v) is 14.9. The number of ether oxygens (including phenoxy) is 1. The van der Waals surface area contributed by atoms with E-state index >= 15 is 0 Å². The number of methoxy groups -OCH3 is 1. The zero-order chi connectivity index (χ0) is 17.9. The third-order valence-corrected chi connectivity index (χ3v) is 3.71. The summed E-state index contributed by atoms with van der Waals surface area (Å²) in [6.07, 6.45) is 1.53. The second-order valence-corrected chi connectivity index (χ2v) is 5.90. The van der Waals surface area contributed by atoms with Gasteiger partial charge in [-0.1, -0.05) is 23.2 Å². The molecule has 1 aromatic carbocycles. The fraction of sp³-hybridized carbons (Fsp3) is 0.267. The third-order valence-electron chi connectivity index (χ3n) is 3.15. The van der Waals surface area contributed by atoms with Crippen LogP contribution in [0.4, 0.5) is 5.69 Å². The number of carbonyl (C=O) groups is 2. The van der Waals surface area contributed by atoms with Crippen LogP contribution < -0.4 is 10.1 Å². The molecule has 2 rings (SSSR count). The van der Waals surface area contributed by atoms with Crippen molar-refractivity contribution in [2.75, 3.05) is 26.0 Å². The van der Waals surface area contributed by atoms with Gasteiger partial charge in [-0.2, -0.15) is 0 Å². The highest BCUT2D eigenvalue weighted by atomic mass is 35.5. The highest BCUT2D eigenvalue weighted by molar-refractivity contribution is 6.35. The molecule has 0 aliphatic rings. The van der Waals surface area contributed by atoms with E-state index in [2.05, 4.69) is 10.4 Å². The standard InChI is InChI=1S/C15H16Cl2N4O3/c1-20(15(23)10-7-21(2)19-14(10)24-3)8-13(22)18-12-6-9(16)4-5-11(12)17/h4-7H,8H2,1-3H3,(H,18,22). The van der Waals surface area contributed by atoms with Gasteiger partial charge in [-0.25, -0.2) is 0 Å². The first-order chi connectivity index (χ1) is 11.3. The molecule has 128 valence electrons. The summed E-state index contributed by atoms with van der Waals surface area (Å²) in [5.41, 5.74) is 0.657. The van der Waals surface area contributed by atoms with Crippen molar-refractivity contribution in [1.82, 2.24) is 14.7 Å². The Hall–Kier alpha value is -2.25. The Morgan fingerprint density at radius 2 is 2.08 bits per heavy atom. The number of amides is 2. The minimum atomic E-state index is -0.405. The molecule has 2 aromatic rings. The van der Waals surface area contributed by atoms with E-state index in [1.165, 1.54) is 36.0 Å². The molecular weight excluding hydrogens is 355 g/mol. The molecule has 0 saturated carbocycles. The Kier molecular flexibility index (Phi) is 5.69. The molecule has 2 amide bonds. The number of anilines is 1. The summed E-state index contributed by atoms with van der Waals surface area (Å²) in [5.74, 6) is -0.585. The number of nitrogens with zero attached hydrogens (tertiary/aromatic N) is 3. The number of rotatable bonds is 5. The van der Waals surface area contributed by atoms with Crippen LogP contribution in [0, 0.1) is 0 Å². The monoisotopic (exact) mass is 370 g/mol. The van der Waals surface area contributed by atoms with Crippen molar-refractivity contribution in [2.24, 2.45) is 7.05 Å². The van der Waals surface area contributed by atoms with Gasteiger partial charge in [0.05, 0.1) is 24.4 Å². The number of benzene rings is 1. The molecular formula is C15H16Cl2N4O3. The van der Waals surface area contributed by atoms with Crippen molar-refractivity contribution in [2.45, 2.75) is 0 Å². The molecule has 24 heavy (non-hydrogen) atoms. The quantitative estimate of drug-likeness (QED) is 0.876. The van der Waals surface area contributed by atoms with Crippen LogP contribution in [0.15, 0.2) is 24.4 Å². The topological polar surface area (TPSA) is 76.5 Å². The molecule has 1 N–H and O–H groups in total. The largest absolute Gasteiger partial charge is 0.479 e. The van der Waals surface area contributed by atoms with Crippen molar-refractivity contribution < 1.29 is 14.3 Å². The lowest BCUT2D eigenvalue weighted by molar-refractivity contribution is -0.116. The average molecular weight is 371 g/mol. The SMILES string of the molecule is COc1nn(C)cc1C(=O)N(C)CC(=O)Nc1cc(Cl)ccc1Cl. The number of hydrogen-bond donors (Lipinski definition) is 1. The van der Waals surface area contributed by atoms with Crippen LogP contribution in [0.3, 0.4) is 0 Å². The van der Waals surface area contributed by atoms with Crippen molar-refractivity contribution in [3.8, 4) is 5.88 Å². The van der Waals surface area contributed by atoms with E-state index in [9.17, 15) is 9.59 Å². The van der Waals surface area contributed by atoms with Crippen LogP contribution in [-0.2, 0) is 11.8 Å². The molecule has 0 aliphatic carbocycles. The number of carbonyl (C=O) groups excluding carboxylic acids is 2. The Morgan fingerprint density at radius 1 is 1.38 bits per heavy atom. The number of halogens is 2. The highest BCUT2D eigenvalue weighted by Crippen LogP contribution is 2.25. The van der Waals surface area contributed by atoms with Crippen LogP contribution in [0.2, 0.25) is 10.0 Å². The van der Waals surface area contributed by atoms with Crippen molar-refractivity contribution >= 4 is 40.7 Å². The lowest BCUT2D eigenvalue weighted by Crippen LogP contribution is -2.35. The Bertz CT molecular complexity index is 776. The molecule has 0 unspecified atom stereocenters. The van der Waals surface area contributed by atoms with Gasteiger partial charge in [-0.3, -0.25) is 14.3 Å². The summed E-state index contributed by atoms with van der Waals surface area (Å²) in [4.78, 5) is 25.8. The predicted octanol–water partition coefficient (Wildman–Crippen LogP) is 2.45. The van der Waals surface area contributed by atoms with Gasteiger partial charge < -0.3 is 15.0 Å². The fourth-order valence-corrected chi connectivity index (χ4v) is 2.38. The average Bonchev–Trinajstić information content (AvgIpc) is 2.91. The van der Waals surface area contributed by atoms with Crippen LogP contribution in [-0.4, -0.2) is 47.2 Å². The van der Waals surface area contributed by atoms with Crippen molar-refractivity contribution in [1.29, 1.82) is 0 Å². The maximum atomic E-state index is 12.4. The summed E-state index contributed by atoms with van der Waals surface area (Å²) in [7, 11) is 4.61. The van der Waals surface area contributed by atoms with Crippen molar-refractivity contribution in [3.05, 3.63) is 40.0 Å². The van der Waals surface area contributed by atoms with Crippen LogP contribution in [0.5, 0.6) is 5.88 Å². The number of aromatic nitrogens is 2. The second kappa shape index (κ2) is 7.55. The van der Waals surface area contributed by atoms with Gasteiger partial charge in [-0.05, 0) is 18.2 Å². The molecule has 1 heterocycles. The highest BCUT2D eigenvalue weighted by Gasteiger charge is 2.21. The first kappa shape index (κ1) is 18.1. The maximum absolute atomic E-state index is 12.4. The van der Waals surface area contributed by atoms with E-state index in [4.69, 9.17) is 27.9 Å². The van der Waals surface area contributed by atoms with E-state index in [1.807, 2.05) is 0 Å². The van der Waals surface area contributed by atoms with Gasteiger partial charge >= 0.3 is 0 Å². The Morgan fingerprint density at radius 3 is 2.75 bits per heavy atom. The van der Waals surface area contributed by atoms with E-state index in [1.54, 1.807) is 19.2 Å². The van der Waals surface area contributed by atoms with Crippen LogP contribution in [0.25, 0.3) is 0 Å². The Balaban J connectivity index is 2.05. The number of nitrogens with one attached hydrogen (secondary N) is 1. The number of aryl methyl sites for hydroxylation is 1. The minimum absolute atomic E-state index is 0.167. The smallest absolute Gasteiger partial charge is 0.261 e. The number of hydrogen-bond acceptors (Lipinski definition) is 4. The van der Waals surface area contributed by atoms with Gasteiger partial charge in [0.1, 0.15) is 5.56 Å². The van der Waals surface area contributed by atoms with E-state index < -0.39 is 5.91 Å². The minimum Gasteiger partial charge on any atom is -0.479 e. The second-order valence-electron chi connectivity index (χ2n) is 5.06. The molecule has 7 nitrogen and oxygen atoms in total. The summed E-state index contributed by atoms with van der Waals surface area (Å²) in [6.45, 7) is -0.167. The third kappa shape index (κ3) is 4.18. The number of likely N-dealkylation sites (N-methyl/N-ethyl adjacent to an activating group) is 1. The van der Waals surface area contributed by atoms with Crippen LogP contribution in [0.1, 0.15) is 10.4 Å². The summed E-state index contributed by atoms with van der Waals surface area (Å²) in [5, 5.41) is 7.44. The summed E-state index contributed by atoms with van der Waals surface area (Å²) in [6, 6.07) is 4.73. The molecule has 0 fully saturated rings. The van der Waals surface area contributed by atoms with Gasteiger partial charge in [0.2, 0.25) is 11.8 Å². The maximum Gasteiger partial charge on any atom is 0.261 e. The van der Waals surface area contributed by atoms with Gasteiger partial charge in [-0.15, -0.1) is 5.10 Å². The molecule has 0 aliphatic heterocycles. The lowest BCUT2D eigenvalue weighted by Gasteiger charge is -2.16. The fourth-order valence-electron chi connectivity index (χ4n) is 2.04. The Labute approximate surface area is 149 Å². The van der Waals surface area contributed by atoms with Gasteiger partial charge in [0.25, 0.3) is 5.91 Å². The molecule has 0 atom stereocenters. The van der Waals surface area contributed by atoms with E-state index in [-0.39, 0.29) is 23.9 Å².